The summed E-state index contributed by atoms with van der Waals surface area (Å²) in [7, 11) is 0. The summed E-state index contributed by atoms with van der Waals surface area (Å²) in [5.41, 5.74) is 0. The van der Waals surface area contributed by atoms with Gasteiger partial charge < -0.3 is 10.2 Å². The number of hydrogen-bond acceptors (Lipinski definition) is 2. The Morgan fingerprint density at radius 1 is 1.11 bits per heavy atom. The maximum absolute atomic E-state index is 9.10. The standard InChI is InChI=1S/C2H2O4.2Na.H3Si.H/c3-1(4)2(5)6;;;;/h(H,3,4)(H,5,6);;;1H3;. The summed E-state index contributed by atoms with van der Waals surface area (Å²) in [6, 6.07) is 0. The third-order valence-corrected chi connectivity index (χ3v) is 0.183. The molecule has 0 radical (unpaired) electrons. The SMILES string of the molecule is O=C(O)C(=O)O.[NaH].[Na][SiH3]. The van der Waals surface area contributed by atoms with Gasteiger partial charge in [0.25, 0.3) is 0 Å². The van der Waals surface area contributed by atoms with Gasteiger partial charge in [-0.1, -0.05) is 0 Å². The Morgan fingerprint density at radius 2 is 1.22 bits per heavy atom. The molecule has 0 aliphatic rings. The third-order valence-electron chi connectivity index (χ3n) is 0.183. The Morgan fingerprint density at radius 3 is 1.22 bits per heavy atom. The molecule has 0 unspecified atom stereocenters. The zero-order valence-corrected chi connectivity index (χ0v) is 8.71. The van der Waals surface area contributed by atoms with E-state index in [-0.39, 0.29) is 29.6 Å². The molecule has 0 amide bonds. The molecular weight excluding hydrogens is 162 g/mol. The molecule has 0 atom stereocenters. The van der Waals surface area contributed by atoms with Crippen LogP contribution in [0, 0.1) is 0 Å². The number of hydrogen-bond donors (Lipinski definition) is 2. The molecular formula is C2H6Na2O4Si. The van der Waals surface area contributed by atoms with E-state index in [0.717, 1.165) is 0 Å². The molecule has 9 heavy (non-hydrogen) atoms. The topological polar surface area (TPSA) is 74.6 Å². The second kappa shape index (κ2) is 11.9. The summed E-state index contributed by atoms with van der Waals surface area (Å²) in [6.45, 7) is 1.44. The van der Waals surface area contributed by atoms with Crippen molar-refractivity contribution in [2.24, 2.45) is 0 Å². The second-order valence-corrected chi connectivity index (χ2v) is 0.610. The van der Waals surface area contributed by atoms with Crippen LogP contribution in [0.5, 0.6) is 0 Å². The van der Waals surface area contributed by atoms with E-state index in [4.69, 9.17) is 19.8 Å². The van der Waals surface area contributed by atoms with Crippen molar-refractivity contribution in [1.29, 1.82) is 0 Å². The zero-order valence-electron chi connectivity index (χ0n) is 4.71. The molecule has 0 aliphatic heterocycles. The molecule has 2 N–H and O–H groups in total. The Labute approximate surface area is 93.9 Å². The van der Waals surface area contributed by atoms with Crippen molar-refractivity contribution < 1.29 is 19.8 Å². The maximum atomic E-state index is 9.10. The van der Waals surface area contributed by atoms with Crippen LogP contribution in [0.1, 0.15) is 0 Å². The Bertz CT molecular complexity index is 82.6. The van der Waals surface area contributed by atoms with E-state index in [1.165, 1.54) is 33.8 Å². The molecule has 0 aromatic heterocycles. The zero-order chi connectivity index (χ0) is 7.15. The molecule has 0 aromatic rings. The molecule has 0 fully saturated rings. The average molecular weight is 168 g/mol. The van der Waals surface area contributed by atoms with Crippen molar-refractivity contribution in [2.45, 2.75) is 0 Å². The molecule has 0 rings (SSSR count). The minimum absolute atomic E-state index is 0. The summed E-state index contributed by atoms with van der Waals surface area (Å²) in [5.74, 6) is -3.65. The van der Waals surface area contributed by atoms with Crippen molar-refractivity contribution in [3.8, 4) is 0 Å². The van der Waals surface area contributed by atoms with E-state index in [2.05, 4.69) is 0 Å². The number of rotatable bonds is 0. The van der Waals surface area contributed by atoms with Crippen molar-refractivity contribution in [3.63, 3.8) is 0 Å². The fraction of sp³-hybridized carbons (Fsp3) is 0. The van der Waals surface area contributed by atoms with Crippen molar-refractivity contribution in [3.05, 3.63) is 0 Å². The molecule has 0 bridgehead atoms. The molecule has 0 saturated carbocycles. The van der Waals surface area contributed by atoms with E-state index in [0.29, 0.717) is 0 Å². The van der Waals surface area contributed by atoms with Gasteiger partial charge in [-0.05, 0) is 0 Å². The van der Waals surface area contributed by atoms with Crippen LogP contribution in [0.15, 0.2) is 0 Å². The monoisotopic (exact) mass is 168 g/mol. The van der Waals surface area contributed by atoms with Gasteiger partial charge in [0.05, 0.1) is 0 Å². The number of aliphatic carboxylic acids is 2. The summed E-state index contributed by atoms with van der Waals surface area (Å²) in [5, 5.41) is 14.8. The summed E-state index contributed by atoms with van der Waals surface area (Å²) in [4.78, 5) is 18.2. The van der Waals surface area contributed by atoms with Crippen LogP contribution < -0.4 is 0 Å². The summed E-state index contributed by atoms with van der Waals surface area (Å²) < 4.78 is 0. The minimum atomic E-state index is -1.82. The number of carboxylic acids is 2. The van der Waals surface area contributed by atoms with E-state index in [9.17, 15) is 0 Å². The summed E-state index contributed by atoms with van der Waals surface area (Å²) >= 11 is 1.44. The Hall–Kier alpha value is 1.16. The first-order valence-corrected chi connectivity index (χ1v) is 10.1. The molecule has 0 aromatic carbocycles. The van der Waals surface area contributed by atoms with Crippen LogP contribution in [-0.4, -0.2) is 85.5 Å². The summed E-state index contributed by atoms with van der Waals surface area (Å²) in [6.07, 6.45) is 0. The molecule has 0 saturated heterocycles. The van der Waals surface area contributed by atoms with E-state index < -0.39 is 11.9 Å². The normalized spacial score (nSPS) is 6.00. The van der Waals surface area contributed by atoms with Crippen LogP contribution in [-0.2, 0) is 9.59 Å². The van der Waals surface area contributed by atoms with Gasteiger partial charge in [0.2, 0.25) is 0 Å². The number of carbonyl (C=O) groups is 2. The molecule has 0 heterocycles. The predicted octanol–water partition coefficient (Wildman–Crippen LogP) is -3.06. The molecule has 7 heteroatoms. The van der Waals surface area contributed by atoms with Gasteiger partial charge >= 0.3 is 75.3 Å². The fourth-order valence-corrected chi connectivity index (χ4v) is 0. The first-order chi connectivity index (χ1) is 3.64. The predicted molar refractivity (Wildman–Crippen MR) is 38.1 cm³/mol. The van der Waals surface area contributed by atoms with Crippen molar-refractivity contribution >= 4 is 75.3 Å². The van der Waals surface area contributed by atoms with Crippen molar-refractivity contribution in [1.82, 2.24) is 0 Å². The third kappa shape index (κ3) is 17.6. The first-order valence-electron chi connectivity index (χ1n) is 2.11. The van der Waals surface area contributed by atoms with Gasteiger partial charge in [0.15, 0.2) is 0 Å². The molecule has 0 aliphatic carbocycles. The van der Waals surface area contributed by atoms with Gasteiger partial charge in [-0.25, -0.2) is 9.59 Å². The van der Waals surface area contributed by atoms with Gasteiger partial charge in [-0.2, -0.15) is 0 Å². The molecule has 4 nitrogen and oxygen atoms in total. The molecule has 0 spiro atoms. The van der Waals surface area contributed by atoms with E-state index >= 15 is 0 Å². The van der Waals surface area contributed by atoms with Gasteiger partial charge in [-0.15, -0.1) is 0 Å². The average Bonchev–Trinajstić information content (AvgIpc) is 1.72. The van der Waals surface area contributed by atoms with Crippen LogP contribution in [0.4, 0.5) is 0 Å². The van der Waals surface area contributed by atoms with E-state index in [1.807, 2.05) is 0 Å². The van der Waals surface area contributed by atoms with Gasteiger partial charge in [0.1, 0.15) is 0 Å². The Balaban J connectivity index is -0.000000109. The van der Waals surface area contributed by atoms with Crippen molar-refractivity contribution in [2.75, 3.05) is 0 Å². The quantitative estimate of drug-likeness (QED) is 0.297. The van der Waals surface area contributed by atoms with Crippen LogP contribution in [0.3, 0.4) is 0 Å². The number of carboxylic acid groups (broad SMARTS) is 2. The van der Waals surface area contributed by atoms with Crippen LogP contribution >= 0.6 is 0 Å². The molecule has 44 valence electrons. The van der Waals surface area contributed by atoms with Crippen LogP contribution in [0.2, 0.25) is 0 Å². The fourth-order valence-electron chi connectivity index (χ4n) is 0. The first kappa shape index (κ1) is 16.6. The van der Waals surface area contributed by atoms with Gasteiger partial charge in [-0.3, -0.25) is 0 Å². The van der Waals surface area contributed by atoms with Crippen LogP contribution in [0.25, 0.3) is 0 Å². The Kier molecular flexibility index (Phi) is 22.0. The van der Waals surface area contributed by atoms with Gasteiger partial charge in [0, 0.05) is 0 Å². The second-order valence-electron chi connectivity index (χ2n) is 0.610. The van der Waals surface area contributed by atoms with E-state index in [1.54, 1.807) is 0 Å².